The third-order valence-electron chi connectivity index (χ3n) is 2.82. The van der Waals surface area contributed by atoms with Gasteiger partial charge in [0.05, 0.1) is 18.3 Å². The predicted molar refractivity (Wildman–Crippen MR) is 72.2 cm³/mol. The van der Waals surface area contributed by atoms with E-state index in [9.17, 15) is 14.9 Å². The number of benzene rings is 1. The fourth-order valence-electron chi connectivity index (χ4n) is 1.78. The molecule has 0 aliphatic carbocycles. The molecule has 0 bridgehead atoms. The Morgan fingerprint density at radius 2 is 2.14 bits per heavy atom. The van der Waals surface area contributed by atoms with Gasteiger partial charge in [0.1, 0.15) is 12.2 Å². The Labute approximate surface area is 120 Å². The van der Waals surface area contributed by atoms with Crippen LogP contribution in [0.25, 0.3) is 0 Å². The van der Waals surface area contributed by atoms with Crippen molar-refractivity contribution in [3.8, 4) is 5.75 Å². The Morgan fingerprint density at radius 3 is 2.81 bits per heavy atom. The number of esters is 1. The van der Waals surface area contributed by atoms with Crippen molar-refractivity contribution in [2.45, 2.75) is 13.5 Å². The van der Waals surface area contributed by atoms with E-state index in [1.165, 1.54) is 25.5 Å². The van der Waals surface area contributed by atoms with Gasteiger partial charge in [-0.3, -0.25) is 10.1 Å². The van der Waals surface area contributed by atoms with Gasteiger partial charge in [0, 0.05) is 6.07 Å². The molecule has 0 aliphatic heterocycles. The lowest BCUT2D eigenvalue weighted by Gasteiger charge is -2.07. The molecule has 0 aliphatic rings. The summed E-state index contributed by atoms with van der Waals surface area (Å²) in [6.07, 6.45) is 1.33. The minimum absolute atomic E-state index is 0.109. The monoisotopic (exact) mass is 291 g/mol. The number of nitro benzene ring substituents is 1. The standard InChI is InChI=1S/C14H13NO6/c1-9-3-4-11(15(17)18)12(7-9)21-8-13-10(5-6-20-13)14(16)19-2/h3-7H,8H2,1-2H3. The fourth-order valence-corrected chi connectivity index (χ4v) is 1.78. The summed E-state index contributed by atoms with van der Waals surface area (Å²) in [7, 11) is 1.26. The number of nitrogens with zero attached hydrogens (tertiary/aromatic N) is 1. The molecule has 0 saturated heterocycles. The summed E-state index contributed by atoms with van der Waals surface area (Å²) in [4.78, 5) is 21.9. The summed E-state index contributed by atoms with van der Waals surface area (Å²) < 4.78 is 15.2. The number of ether oxygens (including phenoxy) is 2. The molecular weight excluding hydrogens is 278 g/mol. The first-order valence-electron chi connectivity index (χ1n) is 6.05. The largest absolute Gasteiger partial charge is 0.479 e. The molecule has 7 nitrogen and oxygen atoms in total. The second-order valence-corrected chi connectivity index (χ2v) is 4.27. The molecule has 0 amide bonds. The molecule has 1 heterocycles. The lowest BCUT2D eigenvalue weighted by Crippen LogP contribution is -2.06. The van der Waals surface area contributed by atoms with E-state index >= 15 is 0 Å². The maximum atomic E-state index is 11.5. The molecule has 2 rings (SSSR count). The summed E-state index contributed by atoms with van der Waals surface area (Å²) in [6, 6.07) is 6.00. The molecule has 1 aromatic heterocycles. The van der Waals surface area contributed by atoms with Gasteiger partial charge in [-0.05, 0) is 24.6 Å². The van der Waals surface area contributed by atoms with Crippen molar-refractivity contribution < 1.29 is 23.6 Å². The zero-order chi connectivity index (χ0) is 15.4. The van der Waals surface area contributed by atoms with E-state index in [4.69, 9.17) is 9.15 Å². The molecular formula is C14H13NO6. The average molecular weight is 291 g/mol. The van der Waals surface area contributed by atoms with Crippen LogP contribution in [0.5, 0.6) is 5.75 Å². The zero-order valence-electron chi connectivity index (χ0n) is 11.5. The Morgan fingerprint density at radius 1 is 1.38 bits per heavy atom. The molecule has 110 valence electrons. The van der Waals surface area contributed by atoms with Crippen LogP contribution in [-0.4, -0.2) is 18.0 Å². The number of hydrogen-bond acceptors (Lipinski definition) is 6. The van der Waals surface area contributed by atoms with E-state index in [-0.39, 0.29) is 29.4 Å². The highest BCUT2D eigenvalue weighted by atomic mass is 16.6. The molecule has 2 aromatic rings. The summed E-state index contributed by atoms with van der Waals surface area (Å²) in [5.41, 5.74) is 0.905. The number of carbonyl (C=O) groups excluding carboxylic acids is 1. The van der Waals surface area contributed by atoms with E-state index in [1.807, 2.05) is 0 Å². The van der Waals surface area contributed by atoms with Gasteiger partial charge < -0.3 is 13.9 Å². The quantitative estimate of drug-likeness (QED) is 0.478. The van der Waals surface area contributed by atoms with E-state index in [2.05, 4.69) is 4.74 Å². The van der Waals surface area contributed by atoms with Crippen LogP contribution in [0.3, 0.4) is 0 Å². The molecule has 1 aromatic carbocycles. The van der Waals surface area contributed by atoms with Crippen molar-refractivity contribution in [3.05, 3.63) is 57.5 Å². The summed E-state index contributed by atoms with van der Waals surface area (Å²) in [6.45, 7) is 1.69. The summed E-state index contributed by atoms with van der Waals surface area (Å²) >= 11 is 0. The SMILES string of the molecule is COC(=O)c1ccoc1COc1cc(C)ccc1[N+](=O)[O-]. The third-order valence-corrected chi connectivity index (χ3v) is 2.82. The van der Waals surface area contributed by atoms with E-state index < -0.39 is 10.9 Å². The van der Waals surface area contributed by atoms with E-state index in [1.54, 1.807) is 19.1 Å². The highest BCUT2D eigenvalue weighted by Crippen LogP contribution is 2.29. The molecule has 0 spiro atoms. The molecule has 0 unspecified atom stereocenters. The first-order valence-corrected chi connectivity index (χ1v) is 6.05. The number of aryl methyl sites for hydroxylation is 1. The highest BCUT2D eigenvalue weighted by Gasteiger charge is 2.19. The summed E-state index contributed by atoms with van der Waals surface area (Å²) in [5, 5.41) is 10.9. The molecule has 0 saturated carbocycles. The van der Waals surface area contributed by atoms with Gasteiger partial charge in [0.15, 0.2) is 11.5 Å². The number of nitro groups is 1. The van der Waals surface area contributed by atoms with Crippen molar-refractivity contribution in [2.75, 3.05) is 7.11 Å². The lowest BCUT2D eigenvalue weighted by molar-refractivity contribution is -0.386. The smallest absolute Gasteiger partial charge is 0.341 e. The van der Waals surface area contributed by atoms with Crippen molar-refractivity contribution in [3.63, 3.8) is 0 Å². The van der Waals surface area contributed by atoms with Crippen LogP contribution in [-0.2, 0) is 11.3 Å². The number of methoxy groups -OCH3 is 1. The van der Waals surface area contributed by atoms with Crippen LogP contribution in [0.2, 0.25) is 0 Å². The van der Waals surface area contributed by atoms with Crippen molar-refractivity contribution in [1.29, 1.82) is 0 Å². The van der Waals surface area contributed by atoms with Crippen LogP contribution in [0.4, 0.5) is 5.69 Å². The van der Waals surface area contributed by atoms with Gasteiger partial charge in [-0.25, -0.2) is 4.79 Å². The number of carbonyl (C=O) groups is 1. The third kappa shape index (κ3) is 3.19. The van der Waals surface area contributed by atoms with Gasteiger partial charge in [-0.2, -0.15) is 0 Å². The van der Waals surface area contributed by atoms with Gasteiger partial charge in [0.25, 0.3) is 0 Å². The van der Waals surface area contributed by atoms with Gasteiger partial charge in [-0.15, -0.1) is 0 Å². The second-order valence-electron chi connectivity index (χ2n) is 4.27. The minimum atomic E-state index is -0.555. The topological polar surface area (TPSA) is 91.8 Å². The van der Waals surface area contributed by atoms with Crippen molar-refractivity contribution in [1.82, 2.24) is 0 Å². The first kappa shape index (κ1) is 14.6. The number of furan rings is 1. The molecule has 0 N–H and O–H groups in total. The average Bonchev–Trinajstić information content (AvgIpc) is 2.92. The van der Waals surface area contributed by atoms with Crippen LogP contribution in [0.1, 0.15) is 21.7 Å². The zero-order valence-corrected chi connectivity index (χ0v) is 11.5. The predicted octanol–water partition coefficient (Wildman–Crippen LogP) is 2.86. The Balaban J connectivity index is 2.21. The van der Waals surface area contributed by atoms with Crippen molar-refractivity contribution in [2.24, 2.45) is 0 Å². The van der Waals surface area contributed by atoms with Gasteiger partial charge in [-0.1, -0.05) is 6.07 Å². The van der Waals surface area contributed by atoms with Gasteiger partial charge in [0.2, 0.25) is 0 Å². The molecule has 0 radical (unpaired) electrons. The van der Waals surface area contributed by atoms with E-state index in [0.717, 1.165) is 5.56 Å². The van der Waals surface area contributed by atoms with Crippen LogP contribution >= 0.6 is 0 Å². The molecule has 21 heavy (non-hydrogen) atoms. The number of hydrogen-bond donors (Lipinski definition) is 0. The normalized spacial score (nSPS) is 10.2. The van der Waals surface area contributed by atoms with Crippen LogP contribution < -0.4 is 4.74 Å². The number of rotatable bonds is 5. The second kappa shape index (κ2) is 6.08. The van der Waals surface area contributed by atoms with Crippen LogP contribution in [0.15, 0.2) is 34.9 Å². The molecule has 0 atom stereocenters. The molecule has 7 heteroatoms. The maximum Gasteiger partial charge on any atom is 0.341 e. The Hall–Kier alpha value is -2.83. The lowest BCUT2D eigenvalue weighted by atomic mass is 10.2. The first-order chi connectivity index (χ1) is 10.0. The Bertz CT molecular complexity index is 676. The summed E-state index contributed by atoms with van der Waals surface area (Å²) in [5.74, 6) is -0.189. The minimum Gasteiger partial charge on any atom is -0.479 e. The Kier molecular flexibility index (Phi) is 4.22. The molecule has 0 fully saturated rings. The van der Waals surface area contributed by atoms with Crippen molar-refractivity contribution >= 4 is 11.7 Å². The van der Waals surface area contributed by atoms with Crippen LogP contribution in [0, 0.1) is 17.0 Å². The fraction of sp³-hybridized carbons (Fsp3) is 0.214. The van der Waals surface area contributed by atoms with E-state index in [0.29, 0.717) is 0 Å². The highest BCUT2D eigenvalue weighted by molar-refractivity contribution is 5.90. The maximum absolute atomic E-state index is 11.5. The van der Waals surface area contributed by atoms with Gasteiger partial charge >= 0.3 is 11.7 Å².